The van der Waals surface area contributed by atoms with Gasteiger partial charge in [0, 0.05) is 13.7 Å². The molecule has 1 aromatic rings. The second-order valence-corrected chi connectivity index (χ2v) is 4.20. The lowest BCUT2D eigenvalue weighted by Crippen LogP contribution is -2.21. The van der Waals surface area contributed by atoms with Crippen LogP contribution in [0.15, 0.2) is 4.52 Å². The highest BCUT2D eigenvalue weighted by atomic mass is 16.5. The molecular weight excluding hydrogens is 210 g/mol. The van der Waals surface area contributed by atoms with Crippen LogP contribution in [-0.4, -0.2) is 30.5 Å². The van der Waals surface area contributed by atoms with E-state index in [4.69, 9.17) is 19.7 Å². The quantitative estimate of drug-likeness (QED) is 0.816. The van der Waals surface area contributed by atoms with Gasteiger partial charge in [0.2, 0.25) is 0 Å². The molecule has 16 heavy (non-hydrogen) atoms. The highest BCUT2D eigenvalue weighted by Crippen LogP contribution is 2.34. The average Bonchev–Trinajstić information content (AvgIpc) is 2.86. The summed E-state index contributed by atoms with van der Waals surface area (Å²) in [5.74, 6) is 0.972. The number of ether oxygens (including phenoxy) is 2. The lowest BCUT2D eigenvalue weighted by atomic mass is 10.0. The third kappa shape index (κ3) is 2.09. The van der Waals surface area contributed by atoms with Crippen molar-refractivity contribution in [1.82, 2.24) is 10.1 Å². The summed E-state index contributed by atoms with van der Waals surface area (Å²) >= 11 is 0. The third-order valence-electron chi connectivity index (χ3n) is 2.79. The van der Waals surface area contributed by atoms with Crippen molar-refractivity contribution in [1.29, 1.82) is 0 Å². The monoisotopic (exact) mass is 227 g/mol. The summed E-state index contributed by atoms with van der Waals surface area (Å²) in [4.78, 5) is 4.27. The zero-order valence-electron chi connectivity index (χ0n) is 9.60. The molecule has 2 unspecified atom stereocenters. The van der Waals surface area contributed by atoms with Crippen molar-refractivity contribution in [2.75, 3.05) is 20.3 Å². The molecule has 2 heterocycles. The summed E-state index contributed by atoms with van der Waals surface area (Å²) in [7, 11) is 1.59. The van der Waals surface area contributed by atoms with Crippen LogP contribution in [0.25, 0.3) is 0 Å². The molecule has 0 saturated carbocycles. The van der Waals surface area contributed by atoms with Gasteiger partial charge in [0.1, 0.15) is 5.60 Å². The standard InChI is InChI=1S/C10H17N3O3/c1-10(4-3-5-15-10)9-12-8(13-16-9)7(11)6-14-2/h7H,3-6,11H2,1-2H3. The van der Waals surface area contributed by atoms with Crippen molar-refractivity contribution in [2.45, 2.75) is 31.4 Å². The molecule has 0 amide bonds. The second-order valence-electron chi connectivity index (χ2n) is 4.20. The maximum atomic E-state index is 5.81. The molecule has 6 nitrogen and oxygen atoms in total. The summed E-state index contributed by atoms with van der Waals surface area (Å²) in [6.07, 6.45) is 1.91. The Kier molecular flexibility index (Phi) is 3.22. The second kappa shape index (κ2) is 4.48. The Bertz CT molecular complexity index is 347. The number of nitrogens with zero attached hydrogens (tertiary/aromatic N) is 2. The van der Waals surface area contributed by atoms with Crippen LogP contribution in [0.2, 0.25) is 0 Å². The van der Waals surface area contributed by atoms with E-state index in [2.05, 4.69) is 10.1 Å². The van der Waals surface area contributed by atoms with E-state index in [1.165, 1.54) is 0 Å². The van der Waals surface area contributed by atoms with Crippen LogP contribution < -0.4 is 5.73 Å². The number of nitrogens with two attached hydrogens (primary N) is 1. The van der Waals surface area contributed by atoms with Crippen LogP contribution in [0, 0.1) is 0 Å². The Morgan fingerprint density at radius 1 is 1.62 bits per heavy atom. The molecule has 1 fully saturated rings. The van der Waals surface area contributed by atoms with Crippen molar-refractivity contribution >= 4 is 0 Å². The van der Waals surface area contributed by atoms with E-state index in [0.717, 1.165) is 19.4 Å². The van der Waals surface area contributed by atoms with Gasteiger partial charge in [-0.1, -0.05) is 5.16 Å². The zero-order chi connectivity index (χ0) is 11.6. The Balaban J connectivity index is 2.12. The van der Waals surface area contributed by atoms with Crippen LogP contribution in [0.5, 0.6) is 0 Å². The fraction of sp³-hybridized carbons (Fsp3) is 0.800. The molecule has 1 aliphatic rings. The topological polar surface area (TPSA) is 83.4 Å². The maximum absolute atomic E-state index is 5.81. The van der Waals surface area contributed by atoms with E-state index in [1.54, 1.807) is 7.11 Å². The molecule has 2 N–H and O–H groups in total. The largest absolute Gasteiger partial charge is 0.383 e. The van der Waals surface area contributed by atoms with Crippen LogP contribution >= 0.6 is 0 Å². The Hall–Kier alpha value is -0.980. The first-order valence-corrected chi connectivity index (χ1v) is 5.38. The lowest BCUT2D eigenvalue weighted by Gasteiger charge is -2.17. The van der Waals surface area contributed by atoms with Crippen molar-refractivity contribution in [3.63, 3.8) is 0 Å². The molecule has 90 valence electrons. The number of hydrogen-bond donors (Lipinski definition) is 1. The van der Waals surface area contributed by atoms with Crippen LogP contribution in [0.4, 0.5) is 0 Å². The molecule has 1 saturated heterocycles. The molecule has 0 bridgehead atoms. The van der Waals surface area contributed by atoms with Gasteiger partial charge < -0.3 is 19.7 Å². The maximum Gasteiger partial charge on any atom is 0.258 e. The molecule has 2 atom stereocenters. The van der Waals surface area contributed by atoms with Gasteiger partial charge >= 0.3 is 0 Å². The number of hydrogen-bond acceptors (Lipinski definition) is 6. The van der Waals surface area contributed by atoms with Gasteiger partial charge in [-0.3, -0.25) is 0 Å². The van der Waals surface area contributed by atoms with Crippen LogP contribution in [0.1, 0.15) is 37.5 Å². The molecule has 6 heteroatoms. The van der Waals surface area contributed by atoms with Gasteiger partial charge in [-0.25, -0.2) is 0 Å². The summed E-state index contributed by atoms with van der Waals surface area (Å²) in [5, 5.41) is 3.85. The van der Waals surface area contributed by atoms with Gasteiger partial charge in [-0.2, -0.15) is 4.98 Å². The molecule has 1 aliphatic heterocycles. The SMILES string of the molecule is COCC(N)c1noc(C2(C)CCCO2)n1. The van der Waals surface area contributed by atoms with Gasteiger partial charge in [0.15, 0.2) is 5.82 Å². The van der Waals surface area contributed by atoms with Crippen molar-refractivity contribution < 1.29 is 14.0 Å². The third-order valence-corrected chi connectivity index (χ3v) is 2.79. The molecule has 0 aliphatic carbocycles. The Morgan fingerprint density at radius 3 is 3.06 bits per heavy atom. The predicted octanol–water partition coefficient (Wildman–Crippen LogP) is 0.741. The highest BCUT2D eigenvalue weighted by Gasteiger charge is 2.37. The predicted molar refractivity (Wildman–Crippen MR) is 55.6 cm³/mol. The summed E-state index contributed by atoms with van der Waals surface area (Å²) < 4.78 is 15.7. The number of rotatable bonds is 4. The molecule has 0 radical (unpaired) electrons. The fourth-order valence-corrected chi connectivity index (χ4v) is 1.80. The average molecular weight is 227 g/mol. The van der Waals surface area contributed by atoms with E-state index in [1.807, 2.05) is 6.92 Å². The van der Waals surface area contributed by atoms with E-state index in [9.17, 15) is 0 Å². The minimum absolute atomic E-state index is 0.354. The van der Waals surface area contributed by atoms with E-state index < -0.39 is 5.60 Å². The molecule has 0 aromatic carbocycles. The zero-order valence-corrected chi connectivity index (χ0v) is 9.60. The Labute approximate surface area is 94.1 Å². The fourth-order valence-electron chi connectivity index (χ4n) is 1.80. The first-order chi connectivity index (χ1) is 7.65. The molecule has 2 rings (SSSR count). The molecule has 0 spiro atoms. The van der Waals surface area contributed by atoms with Gasteiger partial charge in [0.25, 0.3) is 5.89 Å². The van der Waals surface area contributed by atoms with Gasteiger partial charge in [-0.15, -0.1) is 0 Å². The lowest BCUT2D eigenvalue weighted by molar-refractivity contribution is -0.00937. The van der Waals surface area contributed by atoms with Crippen molar-refractivity contribution in [3.05, 3.63) is 11.7 Å². The molecule has 1 aromatic heterocycles. The van der Waals surface area contributed by atoms with Crippen LogP contribution in [0.3, 0.4) is 0 Å². The molecular formula is C10H17N3O3. The van der Waals surface area contributed by atoms with E-state index >= 15 is 0 Å². The highest BCUT2D eigenvalue weighted by molar-refractivity contribution is 5.02. The summed E-state index contributed by atoms with van der Waals surface area (Å²) in [6.45, 7) is 3.06. The van der Waals surface area contributed by atoms with Crippen LogP contribution in [-0.2, 0) is 15.1 Å². The van der Waals surface area contributed by atoms with Gasteiger partial charge in [-0.05, 0) is 19.8 Å². The van der Waals surface area contributed by atoms with E-state index in [-0.39, 0.29) is 6.04 Å². The minimum Gasteiger partial charge on any atom is -0.383 e. The van der Waals surface area contributed by atoms with Gasteiger partial charge in [0.05, 0.1) is 12.6 Å². The smallest absolute Gasteiger partial charge is 0.258 e. The minimum atomic E-state index is -0.446. The first-order valence-electron chi connectivity index (χ1n) is 5.38. The first kappa shape index (κ1) is 11.5. The Morgan fingerprint density at radius 2 is 2.44 bits per heavy atom. The number of methoxy groups -OCH3 is 1. The normalized spacial score (nSPS) is 27.2. The summed E-state index contributed by atoms with van der Waals surface area (Å²) in [6, 6.07) is -0.354. The number of aromatic nitrogens is 2. The summed E-state index contributed by atoms with van der Waals surface area (Å²) in [5.41, 5.74) is 5.36. The van der Waals surface area contributed by atoms with E-state index in [0.29, 0.717) is 18.3 Å². The van der Waals surface area contributed by atoms with Crippen molar-refractivity contribution in [3.8, 4) is 0 Å². The van der Waals surface area contributed by atoms with Crippen molar-refractivity contribution in [2.24, 2.45) is 5.73 Å².